The molecule has 2 fully saturated rings. The fourth-order valence-corrected chi connectivity index (χ4v) is 3.28. The van der Waals surface area contributed by atoms with Gasteiger partial charge in [0.2, 0.25) is 5.91 Å². The molecule has 0 bridgehead atoms. The highest BCUT2D eigenvalue weighted by Gasteiger charge is 2.45. The Bertz CT molecular complexity index is 326. The lowest BCUT2D eigenvalue weighted by molar-refractivity contribution is -0.136. The summed E-state index contributed by atoms with van der Waals surface area (Å²) in [7, 11) is 3.87. The van der Waals surface area contributed by atoms with Gasteiger partial charge in [-0.1, -0.05) is 12.8 Å². The predicted octanol–water partition coefficient (Wildman–Crippen LogP) is -0.217. The summed E-state index contributed by atoms with van der Waals surface area (Å²) in [6, 6.07) is 0. The summed E-state index contributed by atoms with van der Waals surface area (Å²) in [5.41, 5.74) is 4.76. The van der Waals surface area contributed by atoms with Crippen molar-refractivity contribution in [3.05, 3.63) is 0 Å². The number of aliphatic hydroxyl groups is 1. The van der Waals surface area contributed by atoms with E-state index in [1.165, 1.54) is 0 Å². The molecule has 1 aliphatic heterocycles. The smallest absolute Gasteiger partial charge is 0.242 e. The Balaban J connectivity index is 1.98. The minimum atomic E-state index is -0.770. The standard InChI is InChI=1S/C13H25N3O2/c1-15(2)9-12(18)7-8-16(10-12)11(17)13(14)5-3-4-6-13/h18H,3-10,14H2,1-2H3. The van der Waals surface area contributed by atoms with Gasteiger partial charge in [-0.15, -0.1) is 0 Å². The van der Waals surface area contributed by atoms with Gasteiger partial charge in [-0.05, 0) is 33.4 Å². The molecule has 5 heteroatoms. The summed E-state index contributed by atoms with van der Waals surface area (Å²) in [6.07, 6.45) is 4.30. The molecule has 18 heavy (non-hydrogen) atoms. The molecule has 1 atom stereocenters. The fraction of sp³-hybridized carbons (Fsp3) is 0.923. The maximum absolute atomic E-state index is 12.4. The van der Waals surface area contributed by atoms with Crippen molar-refractivity contribution in [1.29, 1.82) is 0 Å². The number of nitrogens with two attached hydrogens (primary N) is 1. The van der Waals surface area contributed by atoms with Crippen LogP contribution in [0.15, 0.2) is 0 Å². The van der Waals surface area contributed by atoms with Crippen molar-refractivity contribution in [3.63, 3.8) is 0 Å². The SMILES string of the molecule is CN(C)CC1(O)CCN(C(=O)C2(N)CCCC2)C1. The number of amides is 1. The van der Waals surface area contributed by atoms with Crippen LogP contribution in [0, 0.1) is 0 Å². The van der Waals surface area contributed by atoms with Crippen LogP contribution in [0.1, 0.15) is 32.1 Å². The molecule has 104 valence electrons. The molecule has 3 N–H and O–H groups in total. The summed E-state index contributed by atoms with van der Waals surface area (Å²) in [5.74, 6) is 0.0367. The van der Waals surface area contributed by atoms with Crippen molar-refractivity contribution < 1.29 is 9.90 Å². The number of likely N-dealkylation sites (N-methyl/N-ethyl adjacent to an activating group) is 1. The lowest BCUT2D eigenvalue weighted by Crippen LogP contribution is -2.54. The monoisotopic (exact) mass is 255 g/mol. The second-order valence-electron chi connectivity index (χ2n) is 6.30. The minimum absolute atomic E-state index is 0.0367. The summed E-state index contributed by atoms with van der Waals surface area (Å²) in [6.45, 7) is 1.64. The van der Waals surface area contributed by atoms with Crippen molar-refractivity contribution >= 4 is 5.91 Å². The molecule has 1 amide bonds. The number of hydrogen-bond donors (Lipinski definition) is 2. The van der Waals surface area contributed by atoms with Crippen molar-refractivity contribution in [3.8, 4) is 0 Å². The summed E-state index contributed by atoms with van der Waals surface area (Å²) < 4.78 is 0. The zero-order chi connectivity index (χ0) is 13.4. The van der Waals surface area contributed by atoms with Crippen LogP contribution in [0.5, 0.6) is 0 Å². The van der Waals surface area contributed by atoms with Gasteiger partial charge in [-0.3, -0.25) is 4.79 Å². The Morgan fingerprint density at radius 1 is 1.33 bits per heavy atom. The lowest BCUT2D eigenvalue weighted by Gasteiger charge is -2.30. The quantitative estimate of drug-likeness (QED) is 0.732. The topological polar surface area (TPSA) is 69.8 Å². The molecule has 1 aliphatic carbocycles. The zero-order valence-corrected chi connectivity index (χ0v) is 11.5. The highest BCUT2D eigenvalue weighted by molar-refractivity contribution is 5.86. The van der Waals surface area contributed by atoms with E-state index in [0.29, 0.717) is 26.1 Å². The highest BCUT2D eigenvalue weighted by Crippen LogP contribution is 2.31. The molecule has 0 radical (unpaired) electrons. The van der Waals surface area contributed by atoms with Crippen LogP contribution in [0.4, 0.5) is 0 Å². The number of likely N-dealkylation sites (tertiary alicyclic amines) is 1. The van der Waals surface area contributed by atoms with Crippen LogP contribution in [0.2, 0.25) is 0 Å². The van der Waals surface area contributed by atoms with E-state index in [-0.39, 0.29) is 5.91 Å². The number of carbonyl (C=O) groups excluding carboxylic acids is 1. The average molecular weight is 255 g/mol. The molecular formula is C13H25N3O2. The van der Waals surface area contributed by atoms with Gasteiger partial charge in [0, 0.05) is 13.1 Å². The maximum Gasteiger partial charge on any atom is 0.242 e. The van der Waals surface area contributed by atoms with Crippen LogP contribution in [0.25, 0.3) is 0 Å². The van der Waals surface area contributed by atoms with Crippen LogP contribution in [-0.2, 0) is 4.79 Å². The number of hydrogen-bond acceptors (Lipinski definition) is 4. The molecule has 2 aliphatic rings. The number of β-amino-alcohol motifs (C(OH)–C–C–N with tert-alkyl or cyclic N) is 1. The second-order valence-corrected chi connectivity index (χ2v) is 6.30. The van der Waals surface area contributed by atoms with E-state index in [9.17, 15) is 9.90 Å². The van der Waals surface area contributed by atoms with Gasteiger partial charge < -0.3 is 20.6 Å². The first kappa shape index (κ1) is 13.8. The van der Waals surface area contributed by atoms with Crippen LogP contribution in [-0.4, -0.2) is 65.7 Å². The second kappa shape index (κ2) is 4.79. The first-order valence-corrected chi connectivity index (χ1v) is 6.80. The zero-order valence-electron chi connectivity index (χ0n) is 11.5. The van der Waals surface area contributed by atoms with Gasteiger partial charge in [-0.2, -0.15) is 0 Å². The first-order valence-electron chi connectivity index (χ1n) is 6.80. The van der Waals surface area contributed by atoms with Gasteiger partial charge in [0.05, 0.1) is 17.7 Å². The number of nitrogens with zero attached hydrogens (tertiary/aromatic N) is 2. The summed E-state index contributed by atoms with van der Waals surface area (Å²) in [4.78, 5) is 16.1. The van der Waals surface area contributed by atoms with E-state index in [0.717, 1.165) is 25.7 Å². The summed E-state index contributed by atoms with van der Waals surface area (Å²) >= 11 is 0. The van der Waals surface area contributed by atoms with E-state index < -0.39 is 11.1 Å². The van der Waals surface area contributed by atoms with Crippen LogP contribution >= 0.6 is 0 Å². The first-order chi connectivity index (χ1) is 8.35. The largest absolute Gasteiger partial charge is 0.387 e. The Kier molecular flexibility index (Phi) is 3.67. The Hall–Kier alpha value is -0.650. The van der Waals surface area contributed by atoms with Crippen LogP contribution < -0.4 is 5.73 Å². The average Bonchev–Trinajstić information content (AvgIpc) is 2.84. The highest BCUT2D eigenvalue weighted by atomic mass is 16.3. The molecule has 0 aromatic rings. The lowest BCUT2D eigenvalue weighted by atomic mass is 9.97. The number of rotatable bonds is 3. The van der Waals surface area contributed by atoms with E-state index in [1.807, 2.05) is 19.0 Å². The molecular weight excluding hydrogens is 230 g/mol. The third-order valence-electron chi connectivity index (χ3n) is 4.15. The van der Waals surface area contributed by atoms with Gasteiger partial charge in [0.15, 0.2) is 0 Å². The third kappa shape index (κ3) is 2.68. The molecule has 1 saturated carbocycles. The predicted molar refractivity (Wildman–Crippen MR) is 70.1 cm³/mol. The van der Waals surface area contributed by atoms with Gasteiger partial charge in [0.25, 0.3) is 0 Å². The van der Waals surface area contributed by atoms with Crippen molar-refractivity contribution in [2.24, 2.45) is 5.73 Å². The Labute approximate surface area is 109 Å². The van der Waals surface area contributed by atoms with Crippen molar-refractivity contribution in [2.45, 2.75) is 43.2 Å². The molecule has 5 nitrogen and oxygen atoms in total. The van der Waals surface area contributed by atoms with E-state index >= 15 is 0 Å². The van der Waals surface area contributed by atoms with Crippen LogP contribution in [0.3, 0.4) is 0 Å². The molecule has 1 saturated heterocycles. The fourth-order valence-electron chi connectivity index (χ4n) is 3.28. The number of carbonyl (C=O) groups is 1. The van der Waals surface area contributed by atoms with E-state index in [2.05, 4.69) is 0 Å². The van der Waals surface area contributed by atoms with Gasteiger partial charge in [0.1, 0.15) is 0 Å². The Morgan fingerprint density at radius 2 is 1.94 bits per heavy atom. The Morgan fingerprint density at radius 3 is 2.50 bits per heavy atom. The van der Waals surface area contributed by atoms with Gasteiger partial charge >= 0.3 is 0 Å². The molecule has 0 aromatic carbocycles. The summed E-state index contributed by atoms with van der Waals surface area (Å²) in [5, 5.41) is 10.4. The van der Waals surface area contributed by atoms with E-state index in [4.69, 9.17) is 5.73 Å². The molecule has 1 heterocycles. The molecule has 0 aromatic heterocycles. The third-order valence-corrected chi connectivity index (χ3v) is 4.15. The normalized spacial score (nSPS) is 31.3. The van der Waals surface area contributed by atoms with Gasteiger partial charge in [-0.25, -0.2) is 0 Å². The van der Waals surface area contributed by atoms with E-state index in [1.54, 1.807) is 4.90 Å². The molecule has 0 spiro atoms. The minimum Gasteiger partial charge on any atom is -0.387 e. The van der Waals surface area contributed by atoms with Crippen molar-refractivity contribution in [1.82, 2.24) is 9.80 Å². The molecule has 2 rings (SSSR count). The maximum atomic E-state index is 12.4. The van der Waals surface area contributed by atoms with Crippen molar-refractivity contribution in [2.75, 3.05) is 33.7 Å². The molecule has 1 unspecified atom stereocenters.